The van der Waals surface area contributed by atoms with Crippen molar-refractivity contribution in [2.45, 2.75) is 44.2 Å². The number of β-amino-alcohol motifs (C(OH)–C–C–N with tert-alkyl or cyclic N) is 1. The van der Waals surface area contributed by atoms with Crippen molar-refractivity contribution in [2.24, 2.45) is 0 Å². The number of anilines is 1. The summed E-state index contributed by atoms with van der Waals surface area (Å²) in [7, 11) is 0. The van der Waals surface area contributed by atoms with E-state index in [0.29, 0.717) is 6.04 Å². The first-order chi connectivity index (χ1) is 11.8. The minimum atomic E-state index is -0.274. The van der Waals surface area contributed by atoms with Crippen molar-refractivity contribution in [3.63, 3.8) is 0 Å². The van der Waals surface area contributed by atoms with Crippen LogP contribution in [0.5, 0.6) is 0 Å². The lowest BCUT2D eigenvalue weighted by Gasteiger charge is -2.42. The molecule has 4 nitrogen and oxygen atoms in total. The first-order valence-corrected chi connectivity index (χ1v) is 9.34. The van der Waals surface area contributed by atoms with E-state index in [-0.39, 0.29) is 6.10 Å². The molecule has 0 bridgehead atoms. The number of aliphatic hydroxyl groups is 1. The van der Waals surface area contributed by atoms with Crippen LogP contribution in [0.1, 0.15) is 32.1 Å². The summed E-state index contributed by atoms with van der Waals surface area (Å²) < 4.78 is 0. The lowest BCUT2D eigenvalue weighted by atomic mass is 9.98. The average Bonchev–Trinajstić information content (AvgIpc) is 2.90. The first-order valence-electron chi connectivity index (χ1n) is 9.34. The number of likely N-dealkylation sites (tertiary alicyclic amines) is 1. The van der Waals surface area contributed by atoms with E-state index in [1.54, 1.807) is 0 Å². The van der Waals surface area contributed by atoms with E-state index in [2.05, 4.69) is 39.0 Å². The molecule has 0 radical (unpaired) electrons. The number of aromatic nitrogens is 1. The molecule has 0 aliphatic carbocycles. The van der Waals surface area contributed by atoms with Crippen LogP contribution < -0.4 is 4.90 Å². The van der Waals surface area contributed by atoms with Gasteiger partial charge in [-0.25, -0.2) is 0 Å². The molecule has 2 aliphatic rings. The molecule has 1 aromatic carbocycles. The minimum Gasteiger partial charge on any atom is -0.390 e. The van der Waals surface area contributed by atoms with Crippen molar-refractivity contribution in [1.29, 1.82) is 0 Å². The Labute approximate surface area is 144 Å². The Morgan fingerprint density at radius 2 is 1.75 bits per heavy atom. The van der Waals surface area contributed by atoms with Crippen LogP contribution in [0.2, 0.25) is 0 Å². The van der Waals surface area contributed by atoms with Gasteiger partial charge < -0.3 is 10.0 Å². The molecule has 2 atom stereocenters. The van der Waals surface area contributed by atoms with Crippen molar-refractivity contribution in [1.82, 2.24) is 9.88 Å². The molecule has 4 heteroatoms. The lowest BCUT2D eigenvalue weighted by Crippen LogP contribution is -2.54. The summed E-state index contributed by atoms with van der Waals surface area (Å²) in [6, 6.07) is 10.7. The predicted octanol–water partition coefficient (Wildman–Crippen LogP) is 3.05. The van der Waals surface area contributed by atoms with Crippen molar-refractivity contribution < 1.29 is 5.11 Å². The molecule has 0 amide bonds. The van der Waals surface area contributed by atoms with Gasteiger partial charge in [-0.2, -0.15) is 0 Å². The molecule has 0 spiro atoms. The average molecular weight is 325 g/mol. The molecular formula is C20H27N3O. The first kappa shape index (κ1) is 15.9. The van der Waals surface area contributed by atoms with Gasteiger partial charge in [-0.3, -0.25) is 9.88 Å². The van der Waals surface area contributed by atoms with Gasteiger partial charge in [0.2, 0.25) is 0 Å². The molecule has 2 saturated heterocycles. The van der Waals surface area contributed by atoms with Crippen LogP contribution in [0.15, 0.2) is 36.5 Å². The molecule has 3 heterocycles. The maximum Gasteiger partial charge on any atom is 0.0870 e. The van der Waals surface area contributed by atoms with Gasteiger partial charge in [0.1, 0.15) is 0 Å². The van der Waals surface area contributed by atoms with E-state index in [0.717, 1.165) is 38.1 Å². The predicted molar refractivity (Wildman–Crippen MR) is 98.4 cm³/mol. The van der Waals surface area contributed by atoms with Crippen molar-refractivity contribution in [3.05, 3.63) is 36.5 Å². The fraction of sp³-hybridized carbons (Fsp3) is 0.550. The van der Waals surface area contributed by atoms with Gasteiger partial charge in [-0.05, 0) is 44.5 Å². The Morgan fingerprint density at radius 3 is 2.54 bits per heavy atom. The third-order valence-corrected chi connectivity index (χ3v) is 5.62. The van der Waals surface area contributed by atoms with Gasteiger partial charge in [0.25, 0.3) is 0 Å². The van der Waals surface area contributed by atoms with Crippen LogP contribution in [-0.4, -0.2) is 53.3 Å². The number of para-hydroxylation sites is 1. The molecule has 0 saturated carbocycles. The highest BCUT2D eigenvalue weighted by molar-refractivity contribution is 5.91. The molecule has 2 fully saturated rings. The van der Waals surface area contributed by atoms with E-state index in [1.807, 2.05) is 12.3 Å². The zero-order valence-corrected chi connectivity index (χ0v) is 14.3. The fourth-order valence-electron chi connectivity index (χ4n) is 4.35. The van der Waals surface area contributed by atoms with Crippen LogP contribution in [-0.2, 0) is 0 Å². The topological polar surface area (TPSA) is 39.6 Å². The third kappa shape index (κ3) is 3.13. The Bertz CT molecular complexity index is 676. The minimum absolute atomic E-state index is 0.274. The number of aliphatic hydroxyl groups excluding tert-OH is 1. The monoisotopic (exact) mass is 325 g/mol. The zero-order chi connectivity index (χ0) is 16.4. The standard InChI is InChI=1S/C20H27N3O/c24-20-15-23(14-10-19(20)22-12-5-1-2-6-13-22)18-9-11-21-17-8-4-3-7-16(17)18/h3-4,7-9,11,19-20,24H,1-2,5-6,10,12-15H2/t19-,20-/m1/s1. The smallest absolute Gasteiger partial charge is 0.0870 e. The molecule has 2 aromatic rings. The Balaban J connectivity index is 1.51. The number of rotatable bonds is 2. The van der Waals surface area contributed by atoms with Crippen LogP contribution in [0.3, 0.4) is 0 Å². The highest BCUT2D eigenvalue weighted by Gasteiger charge is 2.32. The maximum atomic E-state index is 10.8. The van der Waals surface area contributed by atoms with Crippen molar-refractivity contribution >= 4 is 16.6 Å². The number of hydrogen-bond acceptors (Lipinski definition) is 4. The third-order valence-electron chi connectivity index (χ3n) is 5.62. The van der Waals surface area contributed by atoms with E-state index in [9.17, 15) is 5.11 Å². The zero-order valence-electron chi connectivity index (χ0n) is 14.3. The molecule has 1 aromatic heterocycles. The number of fused-ring (bicyclic) bond motifs is 1. The van der Waals surface area contributed by atoms with Crippen molar-refractivity contribution in [2.75, 3.05) is 31.1 Å². The largest absolute Gasteiger partial charge is 0.390 e. The van der Waals surface area contributed by atoms with E-state index in [1.165, 1.54) is 36.8 Å². The summed E-state index contributed by atoms with van der Waals surface area (Å²) in [5.74, 6) is 0. The summed E-state index contributed by atoms with van der Waals surface area (Å²) >= 11 is 0. The van der Waals surface area contributed by atoms with Crippen LogP contribution in [0, 0.1) is 0 Å². The SMILES string of the molecule is O[C@@H]1CN(c2ccnc3ccccc23)CC[C@H]1N1CCCCCC1. The van der Waals surface area contributed by atoms with Crippen LogP contribution >= 0.6 is 0 Å². The summed E-state index contributed by atoms with van der Waals surface area (Å²) in [5, 5.41) is 12.0. The quantitative estimate of drug-likeness (QED) is 0.921. The number of pyridine rings is 1. The molecule has 128 valence electrons. The number of benzene rings is 1. The second kappa shape index (κ2) is 7.08. The number of piperidine rings is 1. The molecule has 0 unspecified atom stereocenters. The summed E-state index contributed by atoms with van der Waals surface area (Å²) in [4.78, 5) is 9.33. The number of nitrogens with zero attached hydrogens (tertiary/aromatic N) is 3. The molecule has 2 aliphatic heterocycles. The molecular weight excluding hydrogens is 298 g/mol. The van der Waals surface area contributed by atoms with Crippen molar-refractivity contribution in [3.8, 4) is 0 Å². The van der Waals surface area contributed by atoms with Gasteiger partial charge in [0.15, 0.2) is 0 Å². The van der Waals surface area contributed by atoms with E-state index >= 15 is 0 Å². The lowest BCUT2D eigenvalue weighted by molar-refractivity contribution is 0.0386. The Hall–Kier alpha value is -1.65. The second-order valence-electron chi connectivity index (χ2n) is 7.17. The van der Waals surface area contributed by atoms with Gasteiger partial charge in [0.05, 0.1) is 11.6 Å². The van der Waals surface area contributed by atoms with Crippen LogP contribution in [0.25, 0.3) is 10.9 Å². The Morgan fingerprint density at radius 1 is 0.958 bits per heavy atom. The fourth-order valence-corrected chi connectivity index (χ4v) is 4.35. The summed E-state index contributed by atoms with van der Waals surface area (Å²) in [5.41, 5.74) is 2.23. The van der Waals surface area contributed by atoms with E-state index in [4.69, 9.17) is 0 Å². The maximum absolute atomic E-state index is 10.8. The van der Waals surface area contributed by atoms with Gasteiger partial charge in [-0.1, -0.05) is 31.0 Å². The van der Waals surface area contributed by atoms with Crippen LogP contribution in [0.4, 0.5) is 5.69 Å². The number of hydrogen-bond donors (Lipinski definition) is 1. The Kier molecular flexibility index (Phi) is 4.67. The second-order valence-corrected chi connectivity index (χ2v) is 7.17. The van der Waals surface area contributed by atoms with E-state index < -0.39 is 0 Å². The molecule has 24 heavy (non-hydrogen) atoms. The highest BCUT2D eigenvalue weighted by Crippen LogP contribution is 2.29. The summed E-state index contributed by atoms with van der Waals surface area (Å²) in [6.45, 7) is 4.03. The molecule has 4 rings (SSSR count). The summed E-state index contributed by atoms with van der Waals surface area (Å²) in [6.07, 6.45) is 7.89. The van der Waals surface area contributed by atoms with Gasteiger partial charge in [-0.15, -0.1) is 0 Å². The van der Waals surface area contributed by atoms with Gasteiger partial charge >= 0.3 is 0 Å². The van der Waals surface area contributed by atoms with Gasteiger partial charge in [0, 0.05) is 36.4 Å². The highest BCUT2D eigenvalue weighted by atomic mass is 16.3. The normalized spacial score (nSPS) is 26.5. The molecule has 1 N–H and O–H groups in total.